The zero-order valence-electron chi connectivity index (χ0n) is 7.03. The number of amides is 2. The van der Waals surface area contributed by atoms with Crippen molar-refractivity contribution in [2.45, 2.75) is 0 Å². The molecule has 0 heterocycles. The van der Waals surface area contributed by atoms with E-state index in [9.17, 15) is 9.59 Å². The summed E-state index contributed by atoms with van der Waals surface area (Å²) in [5.41, 5.74) is -0.562. The molecule has 0 rings (SSSR count). The van der Waals surface area contributed by atoms with E-state index in [0.717, 1.165) is 7.11 Å². The third-order valence-corrected chi connectivity index (χ3v) is 0.905. The number of carbonyl (C=O) groups is 2. The van der Waals surface area contributed by atoms with E-state index in [0.29, 0.717) is 0 Å². The molecule has 70 valence electrons. The molecule has 1 N–H and O–H groups in total. The summed E-state index contributed by atoms with van der Waals surface area (Å²) in [5.74, 6) is -0.976. The number of hydrogen-bond acceptors (Lipinski definition) is 6. The molecule has 0 aliphatic carbocycles. The lowest BCUT2D eigenvalue weighted by atomic mass is 10.4. The first-order valence-electron chi connectivity index (χ1n) is 3.06. The van der Waals surface area contributed by atoms with Gasteiger partial charge in [-0.3, -0.25) is 10.1 Å². The number of oxime groups is 1. The molecule has 0 bridgehead atoms. The second-order valence-electron chi connectivity index (χ2n) is 1.68. The Kier molecular flexibility index (Phi) is 4.64. The van der Waals surface area contributed by atoms with Crippen LogP contribution in [0.3, 0.4) is 0 Å². The number of carbonyl (C=O) groups excluding carboxylic acids is 2. The number of alkyl carbamates (subject to hydrolysis) is 1. The molecule has 0 saturated heterocycles. The highest BCUT2D eigenvalue weighted by Crippen LogP contribution is 1.80. The van der Waals surface area contributed by atoms with Crippen molar-refractivity contribution in [2.75, 3.05) is 14.2 Å². The van der Waals surface area contributed by atoms with Gasteiger partial charge in [-0.05, 0) is 0 Å². The van der Waals surface area contributed by atoms with Gasteiger partial charge in [0.25, 0.3) is 5.91 Å². The van der Waals surface area contributed by atoms with Gasteiger partial charge >= 0.3 is 6.09 Å². The van der Waals surface area contributed by atoms with E-state index in [4.69, 9.17) is 5.26 Å². The predicted octanol–water partition coefficient (Wildman–Crippen LogP) is -0.605. The molecule has 0 aromatic carbocycles. The van der Waals surface area contributed by atoms with Crippen molar-refractivity contribution in [3.05, 3.63) is 0 Å². The van der Waals surface area contributed by atoms with Crippen molar-refractivity contribution >= 4 is 17.7 Å². The van der Waals surface area contributed by atoms with Gasteiger partial charge in [0.1, 0.15) is 13.2 Å². The summed E-state index contributed by atoms with van der Waals surface area (Å²) in [5, 5.41) is 13.1. The van der Waals surface area contributed by atoms with Crippen LogP contribution in [0.1, 0.15) is 0 Å². The Hall–Kier alpha value is -2.10. The van der Waals surface area contributed by atoms with Gasteiger partial charge in [-0.25, -0.2) is 4.79 Å². The summed E-state index contributed by atoms with van der Waals surface area (Å²) < 4.78 is 4.12. The van der Waals surface area contributed by atoms with Crippen molar-refractivity contribution < 1.29 is 19.2 Å². The second kappa shape index (κ2) is 5.54. The number of methoxy groups -OCH3 is 1. The van der Waals surface area contributed by atoms with Crippen molar-refractivity contribution in [1.29, 1.82) is 5.26 Å². The minimum atomic E-state index is -0.976. The van der Waals surface area contributed by atoms with E-state index < -0.39 is 17.7 Å². The highest BCUT2D eigenvalue weighted by atomic mass is 16.6. The van der Waals surface area contributed by atoms with Crippen molar-refractivity contribution in [1.82, 2.24) is 5.32 Å². The minimum absolute atomic E-state index is 0.562. The number of imide groups is 1. The van der Waals surface area contributed by atoms with Gasteiger partial charge in [0.05, 0.1) is 7.11 Å². The molecule has 0 radical (unpaired) electrons. The number of nitrogens with zero attached hydrogens (tertiary/aromatic N) is 2. The lowest BCUT2D eigenvalue weighted by Crippen LogP contribution is -2.35. The number of nitriles is 1. The van der Waals surface area contributed by atoms with Gasteiger partial charge in [0.15, 0.2) is 0 Å². The van der Waals surface area contributed by atoms with Gasteiger partial charge in [0, 0.05) is 0 Å². The molecule has 0 aromatic rings. The van der Waals surface area contributed by atoms with Crippen LogP contribution in [-0.4, -0.2) is 31.9 Å². The predicted molar refractivity (Wildman–Crippen MR) is 40.6 cm³/mol. The van der Waals surface area contributed by atoms with E-state index in [1.54, 1.807) is 5.32 Å². The van der Waals surface area contributed by atoms with Crippen LogP contribution in [-0.2, 0) is 14.4 Å². The number of hydrogen-bond donors (Lipinski definition) is 1. The summed E-state index contributed by atoms with van der Waals surface area (Å²) >= 11 is 0. The Morgan fingerprint density at radius 3 is 2.46 bits per heavy atom. The van der Waals surface area contributed by atoms with Gasteiger partial charge in [-0.2, -0.15) is 5.26 Å². The Labute approximate surface area is 73.9 Å². The first kappa shape index (κ1) is 10.9. The van der Waals surface area contributed by atoms with Crippen LogP contribution < -0.4 is 5.32 Å². The SMILES string of the molecule is CO/N=C(/C#N)C(=O)NC(=O)OC. The van der Waals surface area contributed by atoms with Crippen LogP contribution in [0.4, 0.5) is 4.79 Å². The largest absolute Gasteiger partial charge is 0.453 e. The van der Waals surface area contributed by atoms with Crippen molar-refractivity contribution in [3.8, 4) is 6.07 Å². The lowest BCUT2D eigenvalue weighted by Gasteiger charge is -1.98. The van der Waals surface area contributed by atoms with Crippen molar-refractivity contribution in [3.63, 3.8) is 0 Å². The smallest absolute Gasteiger partial charge is 0.413 e. The van der Waals surface area contributed by atoms with E-state index in [1.165, 1.54) is 13.2 Å². The molecule has 0 spiro atoms. The van der Waals surface area contributed by atoms with Crippen molar-refractivity contribution in [2.24, 2.45) is 5.16 Å². The maximum absolute atomic E-state index is 10.9. The summed E-state index contributed by atoms with van der Waals surface area (Å²) in [4.78, 5) is 25.6. The first-order chi connectivity index (χ1) is 6.15. The summed E-state index contributed by atoms with van der Waals surface area (Å²) in [6, 6.07) is 1.44. The van der Waals surface area contributed by atoms with Gasteiger partial charge < -0.3 is 9.57 Å². The van der Waals surface area contributed by atoms with Crippen LogP contribution in [0.25, 0.3) is 0 Å². The molecule has 0 fully saturated rings. The number of ether oxygens (including phenoxy) is 1. The molecule has 0 unspecified atom stereocenters. The fourth-order valence-electron chi connectivity index (χ4n) is 0.407. The average molecular weight is 185 g/mol. The standard InChI is InChI=1S/C6H7N3O4/c1-12-6(11)8-5(10)4(3-7)9-13-2/h1-2H3,(H,8,10,11)/b9-4-. The van der Waals surface area contributed by atoms with Gasteiger partial charge in [-0.15, -0.1) is 0 Å². The highest BCUT2D eigenvalue weighted by molar-refractivity contribution is 6.46. The minimum Gasteiger partial charge on any atom is -0.453 e. The van der Waals surface area contributed by atoms with E-state index in [2.05, 4.69) is 14.7 Å². The van der Waals surface area contributed by atoms with Gasteiger partial charge in [-0.1, -0.05) is 5.16 Å². The molecular formula is C6H7N3O4. The quantitative estimate of drug-likeness (QED) is 0.457. The fraction of sp³-hybridized carbons (Fsp3) is 0.333. The molecule has 0 aliphatic rings. The summed E-state index contributed by atoms with van der Waals surface area (Å²) in [7, 11) is 2.25. The maximum atomic E-state index is 10.9. The Bertz CT molecular complexity index is 278. The third kappa shape index (κ3) is 3.71. The van der Waals surface area contributed by atoms with E-state index in [-0.39, 0.29) is 0 Å². The Morgan fingerprint density at radius 2 is 2.08 bits per heavy atom. The van der Waals surface area contributed by atoms with Crippen LogP contribution in [0, 0.1) is 11.3 Å². The topological polar surface area (TPSA) is 101 Å². The normalized spacial score (nSPS) is 9.77. The third-order valence-electron chi connectivity index (χ3n) is 0.905. The van der Waals surface area contributed by atoms with Crippen LogP contribution in [0.2, 0.25) is 0 Å². The Balaban J connectivity index is 4.34. The van der Waals surface area contributed by atoms with E-state index >= 15 is 0 Å². The van der Waals surface area contributed by atoms with Gasteiger partial charge in [0.2, 0.25) is 5.71 Å². The lowest BCUT2D eigenvalue weighted by molar-refractivity contribution is -0.114. The highest BCUT2D eigenvalue weighted by Gasteiger charge is 2.14. The number of nitrogens with one attached hydrogen (secondary N) is 1. The maximum Gasteiger partial charge on any atom is 0.413 e. The van der Waals surface area contributed by atoms with Crippen LogP contribution in [0.5, 0.6) is 0 Å². The molecule has 0 aromatic heterocycles. The van der Waals surface area contributed by atoms with Crippen LogP contribution >= 0.6 is 0 Å². The molecule has 7 heteroatoms. The molecule has 0 atom stereocenters. The molecule has 7 nitrogen and oxygen atoms in total. The monoisotopic (exact) mass is 185 g/mol. The Morgan fingerprint density at radius 1 is 1.46 bits per heavy atom. The fourth-order valence-corrected chi connectivity index (χ4v) is 0.407. The first-order valence-corrected chi connectivity index (χ1v) is 3.06. The second-order valence-corrected chi connectivity index (χ2v) is 1.68. The summed E-state index contributed by atoms with van der Waals surface area (Å²) in [6.07, 6.45) is -0.968. The molecule has 0 saturated carbocycles. The number of rotatable bonds is 2. The zero-order chi connectivity index (χ0) is 10.3. The van der Waals surface area contributed by atoms with E-state index in [1.807, 2.05) is 0 Å². The zero-order valence-corrected chi connectivity index (χ0v) is 7.03. The summed E-state index contributed by atoms with van der Waals surface area (Å²) in [6.45, 7) is 0. The average Bonchev–Trinajstić information content (AvgIpc) is 2.13. The molecule has 2 amide bonds. The molecule has 13 heavy (non-hydrogen) atoms. The molecule has 0 aliphatic heterocycles. The molecular weight excluding hydrogens is 178 g/mol. The van der Waals surface area contributed by atoms with Crippen LogP contribution in [0.15, 0.2) is 5.16 Å².